The van der Waals surface area contributed by atoms with Crippen LogP contribution in [0, 0.1) is 0 Å². The van der Waals surface area contributed by atoms with Gasteiger partial charge < -0.3 is 9.72 Å². The fraction of sp³-hybridized carbons (Fsp3) is 0.300. The van der Waals surface area contributed by atoms with Gasteiger partial charge in [-0.15, -0.1) is 0 Å². The van der Waals surface area contributed by atoms with Crippen LogP contribution in [0.1, 0.15) is 18.5 Å². The minimum atomic E-state index is 0.377. The quantitative estimate of drug-likeness (QED) is 0.751. The molecule has 2 aromatic rings. The van der Waals surface area contributed by atoms with Gasteiger partial charge in [0.2, 0.25) is 0 Å². The van der Waals surface area contributed by atoms with Gasteiger partial charge in [0.05, 0.1) is 0 Å². The summed E-state index contributed by atoms with van der Waals surface area (Å²) in [4.78, 5) is 4.23. The van der Waals surface area contributed by atoms with E-state index in [1.54, 1.807) is 0 Å². The van der Waals surface area contributed by atoms with Crippen molar-refractivity contribution in [2.75, 3.05) is 7.05 Å². The number of hydrogen-bond acceptors (Lipinski definition) is 2. The maximum atomic E-state index is 4.23. The van der Waals surface area contributed by atoms with Crippen molar-refractivity contribution in [3.05, 3.63) is 36.3 Å². The maximum absolute atomic E-state index is 4.23. The molecule has 0 spiro atoms. The van der Waals surface area contributed by atoms with Crippen molar-refractivity contribution in [3.8, 4) is 0 Å². The van der Waals surface area contributed by atoms with E-state index in [0.717, 1.165) is 5.65 Å². The van der Waals surface area contributed by atoms with Crippen molar-refractivity contribution in [2.45, 2.75) is 13.0 Å². The van der Waals surface area contributed by atoms with Gasteiger partial charge in [-0.2, -0.15) is 0 Å². The number of nitrogens with zero attached hydrogens (tertiary/aromatic N) is 2. The summed E-state index contributed by atoms with van der Waals surface area (Å²) in [6.07, 6.45) is 5.79. The molecule has 0 aliphatic rings. The molecule has 13 heavy (non-hydrogen) atoms. The SMILES string of the molecule is CN[C@@H](C)c1ccn2ccnc2c1. The van der Waals surface area contributed by atoms with Crippen LogP contribution >= 0.6 is 0 Å². The van der Waals surface area contributed by atoms with Crippen LogP contribution in [0.25, 0.3) is 5.65 Å². The van der Waals surface area contributed by atoms with Crippen LogP contribution in [-0.4, -0.2) is 16.4 Å². The zero-order valence-electron chi connectivity index (χ0n) is 7.86. The Morgan fingerprint density at radius 1 is 1.46 bits per heavy atom. The molecular weight excluding hydrogens is 162 g/mol. The number of fused-ring (bicyclic) bond motifs is 1. The van der Waals surface area contributed by atoms with Crippen molar-refractivity contribution in [1.29, 1.82) is 0 Å². The number of pyridine rings is 1. The van der Waals surface area contributed by atoms with E-state index in [9.17, 15) is 0 Å². The summed E-state index contributed by atoms with van der Waals surface area (Å²) in [6, 6.07) is 4.58. The number of imidazole rings is 1. The minimum Gasteiger partial charge on any atom is -0.313 e. The first kappa shape index (κ1) is 8.26. The third kappa shape index (κ3) is 1.42. The number of hydrogen-bond donors (Lipinski definition) is 1. The van der Waals surface area contributed by atoms with Crippen molar-refractivity contribution >= 4 is 5.65 Å². The lowest BCUT2D eigenvalue weighted by Gasteiger charge is -2.09. The number of nitrogens with one attached hydrogen (secondary N) is 1. The second kappa shape index (κ2) is 3.18. The highest BCUT2D eigenvalue weighted by Crippen LogP contribution is 2.13. The molecule has 0 saturated carbocycles. The third-order valence-electron chi connectivity index (χ3n) is 2.35. The molecule has 0 saturated heterocycles. The van der Waals surface area contributed by atoms with Crippen molar-refractivity contribution in [1.82, 2.24) is 14.7 Å². The van der Waals surface area contributed by atoms with Crippen molar-refractivity contribution in [3.63, 3.8) is 0 Å². The minimum absolute atomic E-state index is 0.377. The summed E-state index contributed by atoms with van der Waals surface area (Å²) in [6.45, 7) is 2.13. The van der Waals surface area contributed by atoms with Gasteiger partial charge in [-0.05, 0) is 31.7 Å². The average molecular weight is 175 g/mol. The fourth-order valence-electron chi connectivity index (χ4n) is 1.36. The van der Waals surface area contributed by atoms with Crippen LogP contribution in [0.15, 0.2) is 30.7 Å². The van der Waals surface area contributed by atoms with E-state index >= 15 is 0 Å². The van der Waals surface area contributed by atoms with Crippen LogP contribution in [0.5, 0.6) is 0 Å². The van der Waals surface area contributed by atoms with Crippen molar-refractivity contribution < 1.29 is 0 Å². The largest absolute Gasteiger partial charge is 0.313 e. The summed E-state index contributed by atoms with van der Waals surface area (Å²) < 4.78 is 2.01. The zero-order chi connectivity index (χ0) is 9.26. The summed E-state index contributed by atoms with van der Waals surface area (Å²) in [7, 11) is 1.96. The van der Waals surface area contributed by atoms with E-state index in [0.29, 0.717) is 6.04 Å². The smallest absolute Gasteiger partial charge is 0.136 e. The molecule has 2 rings (SSSR count). The summed E-state index contributed by atoms with van der Waals surface area (Å²) in [5, 5.41) is 3.20. The standard InChI is InChI=1S/C10H13N3/c1-8(11-2)9-3-5-13-6-4-12-10(13)7-9/h3-8,11H,1-2H3/t8-/m0/s1. The Hall–Kier alpha value is -1.35. The normalized spacial score (nSPS) is 13.4. The molecule has 2 heterocycles. The predicted molar refractivity (Wildman–Crippen MR) is 52.7 cm³/mol. The zero-order valence-corrected chi connectivity index (χ0v) is 7.86. The fourth-order valence-corrected chi connectivity index (χ4v) is 1.36. The number of rotatable bonds is 2. The Balaban J connectivity index is 2.48. The molecule has 0 radical (unpaired) electrons. The van der Waals surface area contributed by atoms with Gasteiger partial charge in [0.25, 0.3) is 0 Å². The highest BCUT2D eigenvalue weighted by molar-refractivity contribution is 5.41. The Morgan fingerprint density at radius 2 is 2.31 bits per heavy atom. The highest BCUT2D eigenvalue weighted by Gasteiger charge is 2.02. The molecule has 2 aromatic heterocycles. The van der Waals surface area contributed by atoms with Gasteiger partial charge >= 0.3 is 0 Å². The molecule has 0 aromatic carbocycles. The van der Waals surface area contributed by atoms with Crippen LogP contribution in [0.3, 0.4) is 0 Å². The van der Waals surface area contributed by atoms with E-state index in [1.807, 2.05) is 30.0 Å². The average Bonchev–Trinajstić information content (AvgIpc) is 2.63. The Bertz CT molecular complexity index is 405. The van der Waals surface area contributed by atoms with E-state index in [2.05, 4.69) is 29.4 Å². The van der Waals surface area contributed by atoms with E-state index in [-0.39, 0.29) is 0 Å². The molecule has 0 amide bonds. The lowest BCUT2D eigenvalue weighted by molar-refractivity contribution is 0.651. The maximum Gasteiger partial charge on any atom is 0.136 e. The summed E-state index contributed by atoms with van der Waals surface area (Å²) in [5.41, 5.74) is 2.26. The monoisotopic (exact) mass is 175 g/mol. The first-order chi connectivity index (χ1) is 6.31. The molecule has 1 N–H and O–H groups in total. The predicted octanol–water partition coefficient (Wildman–Crippen LogP) is 1.61. The lowest BCUT2D eigenvalue weighted by Crippen LogP contribution is -2.12. The van der Waals surface area contributed by atoms with Crippen molar-refractivity contribution in [2.24, 2.45) is 0 Å². The first-order valence-electron chi connectivity index (χ1n) is 4.41. The van der Waals surface area contributed by atoms with Gasteiger partial charge in [0.15, 0.2) is 0 Å². The van der Waals surface area contributed by atoms with Gasteiger partial charge in [-0.3, -0.25) is 0 Å². The molecule has 68 valence electrons. The summed E-state index contributed by atoms with van der Waals surface area (Å²) >= 11 is 0. The number of aromatic nitrogens is 2. The highest BCUT2D eigenvalue weighted by atomic mass is 15.0. The molecule has 0 unspecified atom stereocenters. The van der Waals surface area contributed by atoms with Crippen LogP contribution in [0.4, 0.5) is 0 Å². The van der Waals surface area contributed by atoms with Crippen LogP contribution in [0.2, 0.25) is 0 Å². The molecule has 0 aliphatic carbocycles. The second-order valence-corrected chi connectivity index (χ2v) is 3.16. The van der Waals surface area contributed by atoms with E-state index in [1.165, 1.54) is 5.56 Å². The van der Waals surface area contributed by atoms with Gasteiger partial charge in [-0.1, -0.05) is 0 Å². The summed E-state index contributed by atoms with van der Waals surface area (Å²) in [5.74, 6) is 0. The molecule has 3 heteroatoms. The van der Waals surface area contributed by atoms with Crippen LogP contribution in [-0.2, 0) is 0 Å². The second-order valence-electron chi connectivity index (χ2n) is 3.16. The first-order valence-corrected chi connectivity index (χ1v) is 4.41. The molecule has 3 nitrogen and oxygen atoms in total. The van der Waals surface area contributed by atoms with E-state index in [4.69, 9.17) is 0 Å². The lowest BCUT2D eigenvalue weighted by atomic mass is 10.1. The third-order valence-corrected chi connectivity index (χ3v) is 2.35. The topological polar surface area (TPSA) is 29.3 Å². The molecular formula is C10H13N3. The molecule has 0 aliphatic heterocycles. The Labute approximate surface area is 77.4 Å². The Kier molecular flexibility index (Phi) is 2.02. The van der Waals surface area contributed by atoms with Crippen LogP contribution < -0.4 is 5.32 Å². The molecule has 0 fully saturated rings. The Morgan fingerprint density at radius 3 is 3.08 bits per heavy atom. The van der Waals surface area contributed by atoms with Gasteiger partial charge in [0, 0.05) is 24.6 Å². The van der Waals surface area contributed by atoms with Gasteiger partial charge in [0.1, 0.15) is 5.65 Å². The van der Waals surface area contributed by atoms with Gasteiger partial charge in [-0.25, -0.2) is 4.98 Å². The molecule has 1 atom stereocenters. The van der Waals surface area contributed by atoms with E-state index < -0.39 is 0 Å². The molecule has 0 bridgehead atoms.